The van der Waals surface area contributed by atoms with Crippen molar-refractivity contribution in [3.05, 3.63) is 30.1 Å². The van der Waals surface area contributed by atoms with Gasteiger partial charge in [-0.25, -0.2) is 9.59 Å². The zero-order valence-electron chi connectivity index (χ0n) is 35.5. The minimum absolute atomic E-state index is 0. The van der Waals surface area contributed by atoms with Crippen molar-refractivity contribution < 1.29 is 47.0 Å². The number of piperidine rings is 3. The lowest BCUT2D eigenvalue weighted by Crippen LogP contribution is -2.39. The number of halogens is 1. The maximum absolute atomic E-state index is 11.7. The Morgan fingerprint density at radius 1 is 0.719 bits per heavy atom. The molecule has 0 spiro atoms. The van der Waals surface area contributed by atoms with Crippen molar-refractivity contribution in [3.8, 4) is 0 Å². The van der Waals surface area contributed by atoms with E-state index < -0.39 is 10.1 Å². The van der Waals surface area contributed by atoms with Crippen LogP contribution in [0.5, 0.6) is 0 Å². The van der Waals surface area contributed by atoms with Crippen molar-refractivity contribution in [2.75, 3.05) is 72.0 Å². The number of rotatable bonds is 16. The first kappa shape index (κ1) is 54.7. The third-order valence-electron chi connectivity index (χ3n) is 9.85. The topological polar surface area (TPSA) is 188 Å². The summed E-state index contributed by atoms with van der Waals surface area (Å²) in [6.45, 7) is 13.9. The largest absolute Gasteiger partial charge is 0.447 e. The number of pyridine rings is 1. The van der Waals surface area contributed by atoms with Gasteiger partial charge in [0, 0.05) is 58.4 Å². The molecule has 3 aliphatic rings. The molecule has 1 aromatic rings. The summed E-state index contributed by atoms with van der Waals surface area (Å²) in [5.74, 6) is 2.07. The molecule has 57 heavy (non-hydrogen) atoms. The number of aromatic nitrogens is 1. The number of carbonyl (C=O) groups excluding carboxylic acids is 2. The van der Waals surface area contributed by atoms with E-state index in [-0.39, 0.29) is 56.6 Å². The van der Waals surface area contributed by atoms with Gasteiger partial charge >= 0.3 is 12.2 Å². The van der Waals surface area contributed by atoms with Crippen LogP contribution in [-0.2, 0) is 30.2 Å². The predicted octanol–water partition coefficient (Wildman–Crippen LogP) is 6.20. The Bertz CT molecular complexity index is 1230. The van der Waals surface area contributed by atoms with Gasteiger partial charge in [0.2, 0.25) is 0 Å². The van der Waals surface area contributed by atoms with Crippen LogP contribution in [-0.4, -0.2) is 135 Å². The Morgan fingerprint density at radius 3 is 1.51 bits per heavy atom. The molecule has 4 rings (SSSR count). The molecule has 0 unspecified atom stereocenters. The standard InChI is InChI=1S/C13H25NO5S.C12H23NO3.C8H17NO.C8H11NO.ClH/c1-11(2)19-13(15)14-8-6-12(7-9-14)5-4-10-18-20(3,16)17;1-10(2)16-12(15)13-7-5-11(6-8-13)4-3-9-14;2*10-7-1-2-8-3-5-9-6-4-8;/h11-12H,4-10H2,1-3H3;10-11,14H,3-9H2,1-2H3;8-10H,1-7H2;3-6,10H,1-2,7H2;1H. The van der Waals surface area contributed by atoms with Gasteiger partial charge < -0.3 is 39.9 Å². The van der Waals surface area contributed by atoms with Gasteiger partial charge in [0.05, 0.1) is 25.1 Å². The predicted molar refractivity (Wildman–Crippen MR) is 227 cm³/mol. The van der Waals surface area contributed by atoms with E-state index in [1.165, 1.54) is 37.9 Å². The zero-order chi connectivity index (χ0) is 41.6. The van der Waals surface area contributed by atoms with E-state index in [4.69, 9.17) is 29.0 Å². The molecule has 1 aromatic heterocycles. The fourth-order valence-electron chi connectivity index (χ4n) is 6.71. The van der Waals surface area contributed by atoms with E-state index in [2.05, 4.69) is 10.3 Å². The summed E-state index contributed by atoms with van der Waals surface area (Å²) in [5, 5.41) is 29.2. The van der Waals surface area contributed by atoms with Gasteiger partial charge in [-0.05, 0) is 166 Å². The van der Waals surface area contributed by atoms with E-state index in [1.54, 1.807) is 22.2 Å². The fourth-order valence-corrected chi connectivity index (χ4v) is 7.13. The Hall–Kier alpha value is -2.27. The van der Waals surface area contributed by atoms with Crippen LogP contribution in [0.25, 0.3) is 0 Å². The number of ether oxygens (including phenoxy) is 2. The molecule has 2 amide bonds. The maximum Gasteiger partial charge on any atom is 0.410 e. The zero-order valence-corrected chi connectivity index (χ0v) is 37.2. The lowest BCUT2D eigenvalue weighted by Gasteiger charge is -2.31. The van der Waals surface area contributed by atoms with Crippen molar-refractivity contribution in [2.24, 2.45) is 17.8 Å². The number of nitrogens with zero attached hydrogens (tertiary/aromatic N) is 3. The summed E-state index contributed by atoms with van der Waals surface area (Å²) in [7, 11) is -3.33. The summed E-state index contributed by atoms with van der Waals surface area (Å²) in [5.41, 5.74) is 1.24. The molecular weight excluding hydrogens is 776 g/mol. The fraction of sp³-hybridized carbons (Fsp3) is 0.829. The van der Waals surface area contributed by atoms with Crippen LogP contribution in [0.3, 0.4) is 0 Å². The van der Waals surface area contributed by atoms with Crippen LogP contribution in [0, 0.1) is 17.8 Å². The van der Waals surface area contributed by atoms with Crippen molar-refractivity contribution in [1.29, 1.82) is 0 Å². The van der Waals surface area contributed by atoms with Gasteiger partial charge in [0.1, 0.15) is 0 Å². The first-order chi connectivity index (χ1) is 26.8. The molecule has 0 bridgehead atoms. The monoisotopic (exact) mass is 853 g/mol. The molecule has 3 fully saturated rings. The minimum Gasteiger partial charge on any atom is -0.447 e. The second kappa shape index (κ2) is 33.5. The third kappa shape index (κ3) is 29.6. The Morgan fingerprint density at radius 2 is 1.12 bits per heavy atom. The summed E-state index contributed by atoms with van der Waals surface area (Å²) in [4.78, 5) is 30.7. The first-order valence-corrected chi connectivity index (χ1v) is 22.8. The number of hydrogen-bond acceptors (Lipinski definition) is 12. The Balaban J connectivity index is 0.000000760. The number of nitrogens with one attached hydrogen (secondary N) is 1. The molecule has 0 atom stereocenters. The van der Waals surface area contributed by atoms with Crippen molar-refractivity contribution in [2.45, 2.75) is 130 Å². The van der Waals surface area contributed by atoms with Crippen LogP contribution < -0.4 is 5.32 Å². The molecule has 3 aliphatic heterocycles. The highest BCUT2D eigenvalue weighted by Crippen LogP contribution is 2.24. The highest BCUT2D eigenvalue weighted by molar-refractivity contribution is 7.85. The Labute approximate surface area is 350 Å². The van der Waals surface area contributed by atoms with Gasteiger partial charge in [-0.1, -0.05) is 0 Å². The lowest BCUT2D eigenvalue weighted by atomic mass is 9.92. The van der Waals surface area contributed by atoms with Crippen molar-refractivity contribution in [1.82, 2.24) is 20.1 Å². The molecule has 0 aliphatic carbocycles. The van der Waals surface area contributed by atoms with E-state index in [0.717, 1.165) is 95.9 Å². The van der Waals surface area contributed by atoms with Gasteiger partial charge in [0.25, 0.3) is 10.1 Å². The highest BCUT2D eigenvalue weighted by atomic mass is 35.5. The molecule has 4 N–H and O–H groups in total. The maximum atomic E-state index is 11.7. The number of carbonyl (C=O) groups is 2. The number of likely N-dealkylation sites (tertiary alicyclic amines) is 2. The smallest absolute Gasteiger partial charge is 0.410 e. The third-order valence-corrected chi connectivity index (χ3v) is 10.4. The molecule has 0 saturated carbocycles. The molecule has 16 heteroatoms. The lowest BCUT2D eigenvalue weighted by molar-refractivity contribution is 0.0634. The van der Waals surface area contributed by atoms with Gasteiger partial charge in [-0.3, -0.25) is 9.17 Å². The minimum atomic E-state index is -3.33. The quantitative estimate of drug-likeness (QED) is 0.109. The van der Waals surface area contributed by atoms with Crippen molar-refractivity contribution in [3.63, 3.8) is 0 Å². The number of hydrogen-bond donors (Lipinski definition) is 4. The van der Waals surface area contributed by atoms with Crippen LogP contribution in [0.15, 0.2) is 24.5 Å². The SMILES string of the molecule is CC(C)OC(=O)N1CCC(CCCO)CC1.CC(C)OC(=O)N1CCC(CCCOS(C)(=O)=O)CC1.Cl.OCCCC1CCNCC1.OCCCc1ccncc1. The van der Waals surface area contributed by atoms with E-state index in [9.17, 15) is 18.0 Å². The number of aliphatic hydroxyl groups excluding tert-OH is 3. The molecular formula is C41H77ClN4O10S. The second-order valence-corrected chi connectivity index (χ2v) is 17.1. The number of amides is 2. The number of aliphatic hydroxyl groups is 3. The highest BCUT2D eigenvalue weighted by Gasteiger charge is 2.25. The molecule has 4 heterocycles. The van der Waals surface area contributed by atoms with Gasteiger partial charge in [0.15, 0.2) is 0 Å². The van der Waals surface area contributed by atoms with Gasteiger partial charge in [-0.2, -0.15) is 8.42 Å². The summed E-state index contributed by atoms with van der Waals surface area (Å²) in [6.07, 6.45) is 18.2. The molecule has 14 nitrogen and oxygen atoms in total. The summed E-state index contributed by atoms with van der Waals surface area (Å²) >= 11 is 0. The normalized spacial score (nSPS) is 16.6. The Kier molecular flexibility index (Phi) is 32.2. The first-order valence-electron chi connectivity index (χ1n) is 21.0. The molecule has 3 saturated heterocycles. The van der Waals surface area contributed by atoms with Crippen molar-refractivity contribution >= 4 is 34.7 Å². The van der Waals surface area contributed by atoms with E-state index >= 15 is 0 Å². The molecule has 334 valence electrons. The van der Waals surface area contributed by atoms with Crippen LogP contribution in [0.1, 0.15) is 117 Å². The molecule has 0 aromatic carbocycles. The average molecular weight is 854 g/mol. The van der Waals surface area contributed by atoms with Crippen LogP contribution in [0.2, 0.25) is 0 Å². The van der Waals surface area contributed by atoms with E-state index in [1.807, 2.05) is 39.8 Å². The summed E-state index contributed by atoms with van der Waals surface area (Å²) < 4.78 is 36.6. The summed E-state index contributed by atoms with van der Waals surface area (Å²) in [6, 6.07) is 3.94. The average Bonchev–Trinajstić information content (AvgIpc) is 3.18. The second-order valence-electron chi connectivity index (χ2n) is 15.5. The molecule has 0 radical (unpaired) electrons. The van der Waals surface area contributed by atoms with Gasteiger partial charge in [-0.15, -0.1) is 12.4 Å². The van der Waals surface area contributed by atoms with Crippen LogP contribution in [0.4, 0.5) is 9.59 Å². The van der Waals surface area contributed by atoms with E-state index in [0.29, 0.717) is 31.5 Å². The van der Waals surface area contributed by atoms with Crippen LogP contribution >= 0.6 is 12.4 Å². The number of aryl methyl sites for hydroxylation is 1.